The van der Waals surface area contributed by atoms with Crippen molar-refractivity contribution in [1.29, 1.82) is 0 Å². The topological polar surface area (TPSA) is 114 Å². The fraction of sp³-hybridized carbons (Fsp3) is 0.538. The fourth-order valence-electron chi connectivity index (χ4n) is 5.79. The van der Waals surface area contributed by atoms with Gasteiger partial charge in [-0.25, -0.2) is 9.99 Å². The molecule has 190 valence electrons. The molecule has 0 radical (unpaired) electrons. The van der Waals surface area contributed by atoms with E-state index in [0.29, 0.717) is 29.8 Å². The van der Waals surface area contributed by atoms with E-state index in [2.05, 4.69) is 20.6 Å². The van der Waals surface area contributed by atoms with E-state index >= 15 is 0 Å². The number of hydrazine groups is 1. The molecule has 1 aromatic heterocycles. The zero-order valence-electron chi connectivity index (χ0n) is 20.7. The van der Waals surface area contributed by atoms with E-state index < -0.39 is 0 Å². The van der Waals surface area contributed by atoms with Crippen LogP contribution in [0.1, 0.15) is 61.7 Å². The maximum Gasteiger partial charge on any atom is 0.265 e. The second-order valence-electron chi connectivity index (χ2n) is 10.6. The van der Waals surface area contributed by atoms with Crippen molar-refractivity contribution < 1.29 is 14.7 Å². The molecule has 1 spiro atoms. The Morgan fingerprint density at radius 3 is 2.58 bits per heavy atom. The Morgan fingerprint density at radius 1 is 1.14 bits per heavy atom. The van der Waals surface area contributed by atoms with E-state index in [9.17, 15) is 14.7 Å². The molecule has 2 aliphatic carbocycles. The van der Waals surface area contributed by atoms with Crippen LogP contribution < -0.4 is 20.5 Å². The summed E-state index contributed by atoms with van der Waals surface area (Å²) in [5.41, 5.74) is 4.09. The highest BCUT2D eigenvalue weighted by Crippen LogP contribution is 2.52. The van der Waals surface area contributed by atoms with Gasteiger partial charge in [0.15, 0.2) is 5.82 Å². The third-order valence-electron chi connectivity index (χ3n) is 8.11. The number of hydrogen-bond acceptors (Lipinski definition) is 8. The molecular weight excluding hydrogens is 458 g/mol. The number of amides is 2. The fourth-order valence-corrected chi connectivity index (χ4v) is 5.79. The third-order valence-corrected chi connectivity index (χ3v) is 8.11. The number of benzene rings is 1. The minimum Gasteiger partial charge on any atom is -0.506 e. The summed E-state index contributed by atoms with van der Waals surface area (Å²) in [7, 11) is 1.81. The van der Waals surface area contributed by atoms with Crippen LogP contribution in [-0.4, -0.2) is 64.6 Å². The zero-order chi connectivity index (χ0) is 24.9. The van der Waals surface area contributed by atoms with Crippen molar-refractivity contribution in [3.8, 4) is 5.75 Å². The van der Waals surface area contributed by atoms with Gasteiger partial charge in [-0.1, -0.05) is 12.8 Å². The lowest BCUT2D eigenvalue weighted by Gasteiger charge is -2.31. The maximum absolute atomic E-state index is 13.2. The number of anilines is 4. The predicted molar refractivity (Wildman–Crippen MR) is 136 cm³/mol. The van der Waals surface area contributed by atoms with Crippen molar-refractivity contribution in [2.45, 2.75) is 57.4 Å². The Kier molecular flexibility index (Phi) is 5.70. The van der Waals surface area contributed by atoms with Crippen LogP contribution in [0.5, 0.6) is 5.75 Å². The van der Waals surface area contributed by atoms with Gasteiger partial charge in [0.25, 0.3) is 5.91 Å². The second-order valence-corrected chi connectivity index (χ2v) is 10.6. The second kappa shape index (κ2) is 8.92. The predicted octanol–water partition coefficient (Wildman–Crippen LogP) is 3.17. The first-order valence-electron chi connectivity index (χ1n) is 13.0. The zero-order valence-corrected chi connectivity index (χ0v) is 20.7. The first-order chi connectivity index (χ1) is 17.4. The molecule has 3 fully saturated rings. The van der Waals surface area contributed by atoms with Gasteiger partial charge in [0.2, 0.25) is 11.9 Å². The van der Waals surface area contributed by atoms with Crippen molar-refractivity contribution in [1.82, 2.24) is 20.4 Å². The highest BCUT2D eigenvalue weighted by Gasteiger charge is 2.55. The molecule has 3 heterocycles. The highest BCUT2D eigenvalue weighted by molar-refractivity contribution is 6.03. The van der Waals surface area contributed by atoms with E-state index in [-0.39, 0.29) is 23.0 Å². The molecular formula is C26H33N7O3. The number of rotatable bonds is 5. The number of fused-ring (bicyclic) bond motifs is 1. The number of carbonyl (C=O) groups excluding carboxylic acids is 2. The lowest BCUT2D eigenvalue weighted by Crippen LogP contribution is -2.41. The molecule has 2 aromatic rings. The van der Waals surface area contributed by atoms with Crippen LogP contribution in [-0.2, 0) is 4.79 Å². The summed E-state index contributed by atoms with van der Waals surface area (Å²) in [6.45, 7) is 2.37. The van der Waals surface area contributed by atoms with Crippen LogP contribution in [0.3, 0.4) is 0 Å². The summed E-state index contributed by atoms with van der Waals surface area (Å²) < 4.78 is 0. The number of phenols is 1. The molecule has 0 bridgehead atoms. The number of hydrogen-bond donors (Lipinski definition) is 3. The molecule has 1 saturated heterocycles. The van der Waals surface area contributed by atoms with E-state index in [1.807, 2.05) is 12.1 Å². The standard InChI is InChI=1S/C26H33N7O3/c1-31-20-15-27-25(28-19-9-8-17(14-21(19)34)23(35)30-32-12-4-5-13-32)29-22(20)33(18-6-2-3-7-18)16-26(10-11-26)24(31)36/h8-9,14-15,18,34H,2-7,10-13,16H2,1H3,(H,30,35)(H,27,28,29). The van der Waals surface area contributed by atoms with Crippen LogP contribution in [0, 0.1) is 5.41 Å². The number of carbonyl (C=O) groups is 2. The molecule has 0 unspecified atom stereocenters. The number of nitrogens with one attached hydrogen (secondary N) is 2. The molecule has 10 heteroatoms. The molecule has 6 rings (SSSR count). The Labute approximate surface area is 210 Å². The Bertz CT molecular complexity index is 1190. The summed E-state index contributed by atoms with van der Waals surface area (Å²) in [6.07, 6.45) is 10.2. The van der Waals surface area contributed by atoms with Gasteiger partial charge >= 0.3 is 0 Å². The van der Waals surface area contributed by atoms with Gasteiger partial charge < -0.3 is 20.2 Å². The van der Waals surface area contributed by atoms with Crippen LogP contribution in [0.15, 0.2) is 24.4 Å². The SMILES string of the molecule is CN1C(=O)C2(CC2)CN(C2CCCC2)c2nc(Nc3ccc(C(=O)NN4CCCC4)cc3O)ncc21. The van der Waals surface area contributed by atoms with Crippen molar-refractivity contribution >= 4 is 35.0 Å². The summed E-state index contributed by atoms with van der Waals surface area (Å²) in [4.78, 5) is 39.1. The third kappa shape index (κ3) is 4.13. The number of phenolic OH excluding ortho intramolecular Hbond substituents is 1. The monoisotopic (exact) mass is 491 g/mol. The van der Waals surface area contributed by atoms with Crippen LogP contribution in [0.25, 0.3) is 0 Å². The molecule has 10 nitrogen and oxygen atoms in total. The van der Waals surface area contributed by atoms with Gasteiger partial charge in [-0.3, -0.25) is 15.0 Å². The lowest BCUT2D eigenvalue weighted by molar-refractivity contribution is -0.122. The van der Waals surface area contributed by atoms with Crippen molar-refractivity contribution in [3.05, 3.63) is 30.0 Å². The normalized spacial score (nSPS) is 21.5. The van der Waals surface area contributed by atoms with Crippen LogP contribution >= 0.6 is 0 Å². The number of aromatic hydroxyl groups is 1. The van der Waals surface area contributed by atoms with Crippen molar-refractivity contribution in [3.63, 3.8) is 0 Å². The number of nitrogens with zero attached hydrogens (tertiary/aromatic N) is 5. The molecule has 0 atom stereocenters. The molecule has 2 amide bonds. The smallest absolute Gasteiger partial charge is 0.265 e. The minimum absolute atomic E-state index is 0.0560. The molecule has 1 aromatic carbocycles. The van der Waals surface area contributed by atoms with Gasteiger partial charge in [-0.2, -0.15) is 4.98 Å². The van der Waals surface area contributed by atoms with Crippen molar-refractivity contribution in [2.75, 3.05) is 41.8 Å². The Morgan fingerprint density at radius 2 is 1.89 bits per heavy atom. The summed E-state index contributed by atoms with van der Waals surface area (Å²) >= 11 is 0. The van der Waals surface area contributed by atoms with Crippen LogP contribution in [0.4, 0.5) is 23.1 Å². The van der Waals surface area contributed by atoms with Crippen molar-refractivity contribution in [2.24, 2.45) is 5.41 Å². The first-order valence-corrected chi connectivity index (χ1v) is 13.0. The van der Waals surface area contributed by atoms with Gasteiger partial charge in [0.05, 0.1) is 17.3 Å². The summed E-state index contributed by atoms with van der Waals surface area (Å²) in [6, 6.07) is 5.15. The maximum atomic E-state index is 13.2. The van der Waals surface area contributed by atoms with E-state index in [0.717, 1.165) is 63.1 Å². The summed E-state index contributed by atoms with van der Waals surface area (Å²) in [5, 5.41) is 15.7. The minimum atomic E-state index is -0.310. The average molecular weight is 492 g/mol. The Balaban J connectivity index is 1.26. The van der Waals surface area contributed by atoms with Gasteiger partial charge in [0.1, 0.15) is 11.4 Å². The largest absolute Gasteiger partial charge is 0.506 e. The Hall–Kier alpha value is -3.40. The molecule has 2 aliphatic heterocycles. The van der Waals surface area contributed by atoms with Crippen LogP contribution in [0.2, 0.25) is 0 Å². The van der Waals surface area contributed by atoms with E-state index in [1.54, 1.807) is 23.2 Å². The van der Waals surface area contributed by atoms with Gasteiger partial charge in [-0.15, -0.1) is 0 Å². The molecule has 36 heavy (non-hydrogen) atoms. The number of aromatic nitrogens is 2. The quantitative estimate of drug-likeness (QED) is 0.547. The molecule has 3 N–H and O–H groups in total. The molecule has 2 saturated carbocycles. The summed E-state index contributed by atoms with van der Waals surface area (Å²) in [5.74, 6) is 0.955. The average Bonchev–Trinajstić information content (AvgIpc) is 3.23. The van der Waals surface area contributed by atoms with E-state index in [1.165, 1.54) is 18.9 Å². The van der Waals surface area contributed by atoms with E-state index in [4.69, 9.17) is 4.98 Å². The van der Waals surface area contributed by atoms with Gasteiger partial charge in [0, 0.05) is 38.3 Å². The lowest BCUT2D eigenvalue weighted by atomic mass is 10.0. The highest BCUT2D eigenvalue weighted by atomic mass is 16.3. The molecule has 4 aliphatic rings. The van der Waals surface area contributed by atoms with Gasteiger partial charge in [-0.05, 0) is 56.7 Å². The first kappa shape index (κ1) is 23.0.